The highest BCUT2D eigenvalue weighted by Crippen LogP contribution is 2.28. The predicted molar refractivity (Wildman–Crippen MR) is 104 cm³/mol. The fourth-order valence-corrected chi connectivity index (χ4v) is 2.71. The van der Waals surface area contributed by atoms with Gasteiger partial charge in [-0.05, 0) is 42.8 Å². The smallest absolute Gasteiger partial charge is 0.248 e. The Labute approximate surface area is 152 Å². The van der Waals surface area contributed by atoms with Gasteiger partial charge >= 0.3 is 0 Å². The molecule has 0 unspecified atom stereocenters. The van der Waals surface area contributed by atoms with Crippen LogP contribution in [0.3, 0.4) is 0 Å². The van der Waals surface area contributed by atoms with Crippen LogP contribution < -0.4 is 14.8 Å². The maximum absolute atomic E-state index is 12.3. The normalized spacial score (nSPS) is 10.9. The number of carbonyl (C=O) groups excluding carboxylic acids is 1. The minimum absolute atomic E-state index is 0.212. The number of nitrogens with zero attached hydrogens (tertiary/aromatic N) is 1. The minimum atomic E-state index is -0.212. The number of hydrogen-bond acceptors (Lipinski definition) is 4. The van der Waals surface area contributed by atoms with E-state index in [0.717, 1.165) is 27.8 Å². The van der Waals surface area contributed by atoms with Crippen LogP contribution in [-0.4, -0.2) is 25.1 Å². The molecule has 1 N–H and O–H groups in total. The second kappa shape index (κ2) is 7.70. The van der Waals surface area contributed by atoms with Gasteiger partial charge in [-0.25, -0.2) is 0 Å². The molecule has 0 bridgehead atoms. The molecule has 0 fully saturated rings. The van der Waals surface area contributed by atoms with Gasteiger partial charge in [0.2, 0.25) is 5.91 Å². The number of hydrogen-bond donors (Lipinski definition) is 1. The zero-order valence-corrected chi connectivity index (χ0v) is 14.9. The maximum atomic E-state index is 12.3. The highest BCUT2D eigenvalue weighted by molar-refractivity contribution is 6.07. The highest BCUT2D eigenvalue weighted by atomic mass is 16.5. The summed E-state index contributed by atoms with van der Waals surface area (Å²) in [5, 5.41) is 3.83. The molecule has 0 spiro atoms. The van der Waals surface area contributed by atoms with Gasteiger partial charge in [0.05, 0.1) is 25.4 Å². The second-order valence-corrected chi connectivity index (χ2v) is 5.77. The molecule has 1 amide bonds. The molecule has 26 heavy (non-hydrogen) atoms. The lowest BCUT2D eigenvalue weighted by Gasteiger charge is -2.09. The summed E-state index contributed by atoms with van der Waals surface area (Å²) in [6, 6.07) is 15.1. The summed E-state index contributed by atoms with van der Waals surface area (Å²) in [7, 11) is 3.16. The van der Waals surface area contributed by atoms with Gasteiger partial charge in [0.15, 0.2) is 11.5 Å². The van der Waals surface area contributed by atoms with Crippen LogP contribution >= 0.6 is 0 Å². The van der Waals surface area contributed by atoms with Gasteiger partial charge in [-0.15, -0.1) is 0 Å². The predicted octanol–water partition coefficient (Wildman–Crippen LogP) is 4.21. The van der Waals surface area contributed by atoms with Crippen molar-refractivity contribution in [2.24, 2.45) is 0 Å². The Morgan fingerprint density at radius 2 is 1.81 bits per heavy atom. The first kappa shape index (κ1) is 17.5. The van der Waals surface area contributed by atoms with E-state index in [4.69, 9.17) is 9.47 Å². The van der Waals surface area contributed by atoms with Crippen LogP contribution in [0.15, 0.2) is 54.6 Å². The van der Waals surface area contributed by atoms with Crippen molar-refractivity contribution < 1.29 is 14.3 Å². The van der Waals surface area contributed by atoms with Crippen LogP contribution in [0.25, 0.3) is 17.0 Å². The number of rotatable bonds is 5. The Balaban J connectivity index is 1.80. The third kappa shape index (κ3) is 3.83. The first-order valence-electron chi connectivity index (χ1n) is 8.18. The summed E-state index contributed by atoms with van der Waals surface area (Å²) < 4.78 is 10.5. The summed E-state index contributed by atoms with van der Waals surface area (Å²) in [5.41, 5.74) is 3.29. The number of fused-ring (bicyclic) bond motifs is 1. The molecule has 0 aliphatic heterocycles. The highest BCUT2D eigenvalue weighted by Gasteiger charge is 2.06. The minimum Gasteiger partial charge on any atom is -0.493 e. The topological polar surface area (TPSA) is 60.5 Å². The summed E-state index contributed by atoms with van der Waals surface area (Å²) in [5.74, 6) is 1.05. The SMILES string of the molecule is COc1ccc(C=CC(=O)Nc2cc(C)nc3ccccc23)cc1OC. The number of benzene rings is 2. The zero-order valence-electron chi connectivity index (χ0n) is 14.9. The lowest BCUT2D eigenvalue weighted by atomic mass is 10.1. The lowest BCUT2D eigenvalue weighted by molar-refractivity contribution is -0.111. The van der Waals surface area contributed by atoms with E-state index in [1.807, 2.05) is 49.4 Å². The number of carbonyl (C=O) groups is 1. The van der Waals surface area contributed by atoms with E-state index in [1.165, 1.54) is 6.08 Å². The van der Waals surface area contributed by atoms with Crippen LogP contribution in [0.5, 0.6) is 11.5 Å². The average Bonchev–Trinajstić information content (AvgIpc) is 2.66. The molecule has 3 aromatic rings. The number of methoxy groups -OCH3 is 2. The molecule has 132 valence electrons. The number of aryl methyl sites for hydroxylation is 1. The van der Waals surface area contributed by atoms with Crippen molar-refractivity contribution in [3.63, 3.8) is 0 Å². The Morgan fingerprint density at radius 3 is 2.58 bits per heavy atom. The molecule has 0 saturated carbocycles. The number of aromatic nitrogens is 1. The van der Waals surface area contributed by atoms with E-state index in [-0.39, 0.29) is 5.91 Å². The van der Waals surface area contributed by atoms with E-state index in [9.17, 15) is 4.79 Å². The standard InChI is InChI=1S/C21H20N2O3/c1-14-12-18(16-6-4-5-7-17(16)22-14)23-21(24)11-9-15-8-10-19(25-2)20(13-15)26-3/h4-13H,1-3H3,(H,22,23,24). The molecule has 0 atom stereocenters. The Hall–Kier alpha value is -3.34. The molecule has 0 radical (unpaired) electrons. The maximum Gasteiger partial charge on any atom is 0.248 e. The fraction of sp³-hybridized carbons (Fsp3) is 0.143. The molecular formula is C21H20N2O3. The molecule has 5 heteroatoms. The molecule has 0 aliphatic rings. The van der Waals surface area contributed by atoms with Crippen molar-refractivity contribution in [3.05, 3.63) is 65.9 Å². The van der Waals surface area contributed by atoms with Crippen molar-refractivity contribution in [1.82, 2.24) is 4.98 Å². The van der Waals surface area contributed by atoms with Gasteiger partial charge in [-0.3, -0.25) is 9.78 Å². The van der Waals surface area contributed by atoms with Crippen molar-refractivity contribution in [1.29, 1.82) is 0 Å². The number of para-hydroxylation sites is 1. The Kier molecular flexibility index (Phi) is 5.17. The van der Waals surface area contributed by atoms with Crippen LogP contribution in [0, 0.1) is 6.92 Å². The third-order valence-electron chi connectivity index (χ3n) is 3.94. The van der Waals surface area contributed by atoms with Gasteiger partial charge in [-0.1, -0.05) is 24.3 Å². The zero-order chi connectivity index (χ0) is 18.5. The third-order valence-corrected chi connectivity index (χ3v) is 3.94. The lowest BCUT2D eigenvalue weighted by Crippen LogP contribution is -2.08. The van der Waals surface area contributed by atoms with Crippen molar-refractivity contribution in [2.75, 3.05) is 19.5 Å². The van der Waals surface area contributed by atoms with Crippen molar-refractivity contribution in [3.8, 4) is 11.5 Å². The Morgan fingerprint density at radius 1 is 1.04 bits per heavy atom. The van der Waals surface area contributed by atoms with Gasteiger partial charge in [0, 0.05) is 17.2 Å². The first-order valence-corrected chi connectivity index (χ1v) is 8.18. The van der Waals surface area contributed by atoms with Gasteiger partial charge in [0.25, 0.3) is 0 Å². The van der Waals surface area contributed by atoms with Gasteiger partial charge < -0.3 is 14.8 Å². The van der Waals surface area contributed by atoms with E-state index in [1.54, 1.807) is 26.4 Å². The van der Waals surface area contributed by atoms with Crippen molar-refractivity contribution in [2.45, 2.75) is 6.92 Å². The summed E-state index contributed by atoms with van der Waals surface area (Å²) in [6.07, 6.45) is 3.22. The van der Waals surface area contributed by atoms with Crippen molar-refractivity contribution >= 4 is 28.6 Å². The monoisotopic (exact) mass is 348 g/mol. The van der Waals surface area contributed by atoms with E-state index < -0.39 is 0 Å². The summed E-state index contributed by atoms with van der Waals surface area (Å²) in [6.45, 7) is 1.90. The molecule has 0 aliphatic carbocycles. The largest absolute Gasteiger partial charge is 0.493 e. The van der Waals surface area contributed by atoms with Gasteiger partial charge in [-0.2, -0.15) is 0 Å². The van der Waals surface area contributed by atoms with E-state index in [2.05, 4.69) is 10.3 Å². The number of pyridine rings is 1. The molecule has 1 heterocycles. The number of amides is 1. The number of nitrogens with one attached hydrogen (secondary N) is 1. The molecule has 5 nitrogen and oxygen atoms in total. The summed E-state index contributed by atoms with van der Waals surface area (Å²) in [4.78, 5) is 16.8. The Bertz CT molecular complexity index is 980. The van der Waals surface area contributed by atoms with Crippen LogP contribution in [0.2, 0.25) is 0 Å². The van der Waals surface area contributed by atoms with Crippen LogP contribution in [0.1, 0.15) is 11.3 Å². The number of ether oxygens (including phenoxy) is 2. The quantitative estimate of drug-likeness (QED) is 0.702. The van der Waals surface area contributed by atoms with E-state index in [0.29, 0.717) is 11.5 Å². The fourth-order valence-electron chi connectivity index (χ4n) is 2.71. The molecular weight excluding hydrogens is 328 g/mol. The second-order valence-electron chi connectivity index (χ2n) is 5.77. The first-order chi connectivity index (χ1) is 12.6. The van der Waals surface area contributed by atoms with Gasteiger partial charge in [0.1, 0.15) is 0 Å². The molecule has 1 aromatic heterocycles. The van der Waals surface area contributed by atoms with Crippen LogP contribution in [-0.2, 0) is 4.79 Å². The van der Waals surface area contributed by atoms with E-state index >= 15 is 0 Å². The molecule has 2 aromatic carbocycles. The molecule has 3 rings (SSSR count). The van der Waals surface area contributed by atoms with Crippen LogP contribution in [0.4, 0.5) is 5.69 Å². The molecule has 0 saturated heterocycles. The average molecular weight is 348 g/mol. The number of anilines is 1. The summed E-state index contributed by atoms with van der Waals surface area (Å²) >= 11 is 0.